The number of nitrogens with one attached hydrogen (secondary N) is 1. The van der Waals surface area contributed by atoms with Gasteiger partial charge in [0.2, 0.25) is 0 Å². The summed E-state index contributed by atoms with van der Waals surface area (Å²) >= 11 is 0. The molecule has 0 fully saturated rings. The third-order valence-corrected chi connectivity index (χ3v) is 4.26. The van der Waals surface area contributed by atoms with E-state index in [1.54, 1.807) is 26.0 Å². The Morgan fingerprint density at radius 2 is 1.96 bits per heavy atom. The minimum Gasteiger partial charge on any atom is -0.483 e. The maximum atomic E-state index is 13.2. The van der Waals surface area contributed by atoms with Crippen molar-refractivity contribution in [3.8, 4) is 5.75 Å². The van der Waals surface area contributed by atoms with E-state index in [0.717, 1.165) is 12.1 Å². The molecule has 0 spiro atoms. The zero-order valence-electron chi connectivity index (χ0n) is 14.1. The maximum absolute atomic E-state index is 13.2. The van der Waals surface area contributed by atoms with Crippen LogP contribution in [0.3, 0.4) is 0 Å². The Morgan fingerprint density at radius 1 is 1.23 bits per heavy atom. The molecular formula is C18H17F3N2O3. The number of hydrogen-bond donors (Lipinski definition) is 2. The van der Waals surface area contributed by atoms with Crippen molar-refractivity contribution in [2.45, 2.75) is 25.6 Å². The molecule has 0 amide bonds. The van der Waals surface area contributed by atoms with Crippen LogP contribution < -0.4 is 15.8 Å². The van der Waals surface area contributed by atoms with Crippen LogP contribution in [0.25, 0.3) is 5.70 Å². The molecule has 1 aromatic carbocycles. The minimum absolute atomic E-state index is 0.0840. The first-order valence-corrected chi connectivity index (χ1v) is 7.84. The molecule has 5 nitrogen and oxygen atoms in total. The fraction of sp³-hybridized carbons (Fsp3) is 0.278. The van der Waals surface area contributed by atoms with Gasteiger partial charge in [-0.25, -0.2) is 5.48 Å². The Labute approximate surface area is 147 Å². The van der Waals surface area contributed by atoms with E-state index >= 15 is 0 Å². The van der Waals surface area contributed by atoms with Crippen molar-refractivity contribution >= 4 is 5.70 Å². The number of hydrogen-bond acceptors (Lipinski definition) is 4. The summed E-state index contributed by atoms with van der Waals surface area (Å²) in [7, 11) is 0. The van der Waals surface area contributed by atoms with Gasteiger partial charge in [-0.15, -0.1) is 0 Å². The summed E-state index contributed by atoms with van der Waals surface area (Å²) in [4.78, 5) is 12.4. The Morgan fingerprint density at radius 3 is 2.58 bits per heavy atom. The molecule has 1 aromatic heterocycles. The molecule has 1 aliphatic heterocycles. The summed E-state index contributed by atoms with van der Waals surface area (Å²) in [5, 5.41) is 9.21. The number of fused-ring (bicyclic) bond motifs is 1. The van der Waals surface area contributed by atoms with E-state index in [9.17, 15) is 23.2 Å². The maximum Gasteiger partial charge on any atom is 0.416 e. The van der Waals surface area contributed by atoms with Crippen LogP contribution in [0.15, 0.2) is 53.0 Å². The largest absolute Gasteiger partial charge is 0.483 e. The lowest BCUT2D eigenvalue weighted by molar-refractivity contribution is -0.137. The summed E-state index contributed by atoms with van der Waals surface area (Å²) < 4.78 is 46.7. The van der Waals surface area contributed by atoms with E-state index in [1.807, 2.05) is 5.48 Å². The second kappa shape index (κ2) is 6.30. The van der Waals surface area contributed by atoms with Crippen LogP contribution in [-0.4, -0.2) is 21.9 Å². The fourth-order valence-corrected chi connectivity index (χ4v) is 3.03. The highest BCUT2D eigenvalue weighted by atomic mass is 19.4. The van der Waals surface area contributed by atoms with Gasteiger partial charge in [-0.05, 0) is 38.1 Å². The number of nitrogens with zero attached hydrogens (tertiary/aromatic N) is 1. The highest BCUT2D eigenvalue weighted by Gasteiger charge is 2.38. The van der Waals surface area contributed by atoms with Crippen molar-refractivity contribution in [3.63, 3.8) is 0 Å². The number of alkyl halides is 3. The molecule has 3 rings (SSSR count). The molecule has 0 atom stereocenters. The number of pyridine rings is 1. The third-order valence-electron chi connectivity index (χ3n) is 4.26. The van der Waals surface area contributed by atoms with Crippen molar-refractivity contribution in [1.82, 2.24) is 10.0 Å². The zero-order valence-corrected chi connectivity index (χ0v) is 14.1. The summed E-state index contributed by atoms with van der Waals surface area (Å²) in [6.45, 7) is 3.35. The molecule has 26 heavy (non-hydrogen) atoms. The van der Waals surface area contributed by atoms with E-state index in [0.29, 0.717) is 5.57 Å². The molecule has 0 saturated heterocycles. The van der Waals surface area contributed by atoms with Gasteiger partial charge < -0.3 is 9.94 Å². The number of rotatable bonds is 3. The fourth-order valence-electron chi connectivity index (χ4n) is 3.03. The Kier molecular flexibility index (Phi) is 4.41. The first-order valence-electron chi connectivity index (χ1n) is 7.84. The summed E-state index contributed by atoms with van der Waals surface area (Å²) in [5.41, 5.74) is 0.648. The molecule has 0 aliphatic carbocycles. The summed E-state index contributed by atoms with van der Waals surface area (Å²) in [5.74, 6) is 0.232. The van der Waals surface area contributed by atoms with Crippen LogP contribution in [0.5, 0.6) is 5.75 Å². The average Bonchev–Trinajstić information content (AvgIpc) is 2.55. The Hall–Kier alpha value is -2.58. The van der Waals surface area contributed by atoms with Crippen LogP contribution in [0, 0.1) is 0 Å². The zero-order chi connectivity index (χ0) is 19.1. The van der Waals surface area contributed by atoms with Gasteiger partial charge in [-0.1, -0.05) is 6.07 Å². The van der Waals surface area contributed by atoms with Crippen LogP contribution in [0.2, 0.25) is 0 Å². The molecule has 2 aromatic rings. The Balaban J connectivity index is 2.37. The summed E-state index contributed by atoms with van der Waals surface area (Å²) in [6, 6.07) is 7.60. The van der Waals surface area contributed by atoms with Gasteiger partial charge in [0.05, 0.1) is 11.3 Å². The van der Waals surface area contributed by atoms with Crippen molar-refractivity contribution < 1.29 is 23.1 Å². The quantitative estimate of drug-likeness (QED) is 0.819. The molecule has 2 heterocycles. The SMILES string of the molecule is CC1(C)Oc2ccc(C(F)(F)F)cc2C(n2ccccc2=O)=C1CNO. The van der Waals surface area contributed by atoms with Crippen LogP contribution in [0.1, 0.15) is 25.0 Å². The third kappa shape index (κ3) is 3.13. The molecule has 8 heteroatoms. The van der Waals surface area contributed by atoms with Crippen molar-refractivity contribution in [3.05, 3.63) is 69.6 Å². The van der Waals surface area contributed by atoms with Gasteiger partial charge in [0.25, 0.3) is 5.56 Å². The smallest absolute Gasteiger partial charge is 0.416 e. The highest BCUT2D eigenvalue weighted by Crippen LogP contribution is 2.43. The standard InChI is InChI=1S/C18H17F3N2O3/c1-17(2)13(10-22-25)16(23-8-4-3-5-15(23)24)12-9-11(18(19,20)21)6-7-14(12)26-17/h3-9,22,25H,10H2,1-2H3. The second-order valence-electron chi connectivity index (χ2n) is 6.39. The van der Waals surface area contributed by atoms with Gasteiger partial charge >= 0.3 is 6.18 Å². The lowest BCUT2D eigenvalue weighted by Gasteiger charge is -2.37. The van der Waals surface area contributed by atoms with Crippen molar-refractivity contribution in [1.29, 1.82) is 0 Å². The number of halogens is 3. The molecule has 0 bridgehead atoms. The molecular weight excluding hydrogens is 349 g/mol. The van der Waals surface area contributed by atoms with Gasteiger partial charge in [-0.3, -0.25) is 9.36 Å². The van der Waals surface area contributed by atoms with E-state index in [2.05, 4.69) is 0 Å². The lowest BCUT2D eigenvalue weighted by atomic mass is 9.88. The van der Waals surface area contributed by atoms with Crippen LogP contribution in [-0.2, 0) is 6.18 Å². The minimum atomic E-state index is -4.54. The van der Waals surface area contributed by atoms with E-state index < -0.39 is 22.9 Å². The van der Waals surface area contributed by atoms with E-state index in [-0.39, 0.29) is 23.6 Å². The number of aromatic nitrogens is 1. The predicted octanol–water partition coefficient (Wildman–Crippen LogP) is 3.28. The normalized spacial score (nSPS) is 16.2. The second-order valence-corrected chi connectivity index (χ2v) is 6.39. The molecule has 0 radical (unpaired) electrons. The van der Waals surface area contributed by atoms with Crippen molar-refractivity contribution in [2.24, 2.45) is 0 Å². The topological polar surface area (TPSA) is 63.5 Å². The lowest BCUT2D eigenvalue weighted by Crippen LogP contribution is -2.41. The number of hydroxylamine groups is 1. The predicted molar refractivity (Wildman–Crippen MR) is 89.0 cm³/mol. The average molecular weight is 366 g/mol. The molecule has 0 saturated carbocycles. The van der Waals surface area contributed by atoms with Gasteiger partial charge in [0, 0.05) is 29.9 Å². The van der Waals surface area contributed by atoms with E-state index in [4.69, 9.17) is 4.74 Å². The first kappa shape index (κ1) is 18.2. The van der Waals surface area contributed by atoms with Crippen LogP contribution in [0.4, 0.5) is 13.2 Å². The molecule has 0 unspecified atom stereocenters. The Bertz CT molecular complexity index is 930. The van der Waals surface area contributed by atoms with Gasteiger partial charge in [-0.2, -0.15) is 13.2 Å². The molecule has 138 valence electrons. The van der Waals surface area contributed by atoms with Gasteiger partial charge in [0.15, 0.2) is 0 Å². The van der Waals surface area contributed by atoms with Crippen LogP contribution >= 0.6 is 0 Å². The highest BCUT2D eigenvalue weighted by molar-refractivity contribution is 5.77. The van der Waals surface area contributed by atoms with Crippen molar-refractivity contribution in [2.75, 3.05) is 6.54 Å². The van der Waals surface area contributed by atoms with Gasteiger partial charge in [0.1, 0.15) is 11.4 Å². The molecule has 2 N–H and O–H groups in total. The molecule has 1 aliphatic rings. The first-order chi connectivity index (χ1) is 12.1. The number of ether oxygens (including phenoxy) is 1. The summed E-state index contributed by atoms with van der Waals surface area (Å²) in [6.07, 6.45) is -3.06. The number of benzene rings is 1. The monoisotopic (exact) mass is 366 g/mol. The van der Waals surface area contributed by atoms with E-state index in [1.165, 1.54) is 22.9 Å².